The third-order valence-electron chi connectivity index (χ3n) is 1.92. The molecule has 0 rings (SSSR count). The minimum atomic E-state index is -3.12. The summed E-state index contributed by atoms with van der Waals surface area (Å²) in [5.74, 6) is -0.00750. The van der Waals surface area contributed by atoms with Crippen LogP contribution < -0.4 is 0 Å². The number of nitrogens with zero attached hydrogens (tertiary/aromatic N) is 1. The number of sulfonamides is 1. The molecule has 0 N–H and O–H groups in total. The lowest BCUT2D eigenvalue weighted by Gasteiger charge is -2.12. The Labute approximate surface area is 85.7 Å². The molecule has 0 aliphatic heterocycles. The van der Waals surface area contributed by atoms with Gasteiger partial charge in [-0.25, -0.2) is 12.7 Å². The van der Waals surface area contributed by atoms with Crippen molar-refractivity contribution in [2.45, 2.75) is 19.8 Å². The van der Waals surface area contributed by atoms with Crippen LogP contribution in [0.15, 0.2) is 12.2 Å². The molecule has 4 nitrogen and oxygen atoms in total. The second kappa shape index (κ2) is 5.26. The largest absolute Gasteiger partial charge is 0.295 e. The molecule has 0 saturated carbocycles. The van der Waals surface area contributed by atoms with Crippen LogP contribution in [0.25, 0.3) is 0 Å². The van der Waals surface area contributed by atoms with Crippen LogP contribution in [-0.2, 0) is 14.8 Å². The number of carbonyl (C=O) groups is 1. The number of hydrogen-bond acceptors (Lipinski definition) is 3. The van der Waals surface area contributed by atoms with Crippen LogP contribution in [0.3, 0.4) is 0 Å². The van der Waals surface area contributed by atoms with E-state index >= 15 is 0 Å². The van der Waals surface area contributed by atoms with Crippen molar-refractivity contribution < 1.29 is 13.2 Å². The number of Topliss-reactive ketones (excluding diaryl/α,β-unsaturated/α-hetero) is 1. The third kappa shape index (κ3) is 5.14. The Morgan fingerprint density at radius 2 is 1.93 bits per heavy atom. The van der Waals surface area contributed by atoms with Crippen LogP contribution in [0.4, 0.5) is 0 Å². The maximum Gasteiger partial charge on any atom is 0.210 e. The summed E-state index contributed by atoms with van der Waals surface area (Å²) in [6.07, 6.45) is 2.04. The van der Waals surface area contributed by atoms with Gasteiger partial charge in [-0.15, -0.1) is 0 Å². The molecule has 0 spiro atoms. The molecule has 0 aromatic carbocycles. The fourth-order valence-corrected chi connectivity index (χ4v) is 1.30. The Kier molecular flexibility index (Phi) is 5.01. The highest BCUT2D eigenvalue weighted by atomic mass is 32.2. The van der Waals surface area contributed by atoms with E-state index in [1.165, 1.54) is 11.4 Å². The fourth-order valence-electron chi connectivity index (χ4n) is 0.841. The number of hydrogen-bond donors (Lipinski definition) is 0. The highest BCUT2D eigenvalue weighted by molar-refractivity contribution is 7.88. The van der Waals surface area contributed by atoms with Gasteiger partial charge in [0.05, 0.1) is 6.26 Å². The second-order valence-corrected chi connectivity index (χ2v) is 5.48. The molecule has 0 amide bonds. The van der Waals surface area contributed by atoms with Crippen molar-refractivity contribution in [2.24, 2.45) is 0 Å². The molecule has 0 aliphatic rings. The summed E-state index contributed by atoms with van der Waals surface area (Å²) in [7, 11) is -1.62. The summed E-state index contributed by atoms with van der Waals surface area (Å²) < 4.78 is 23.2. The number of rotatable bonds is 6. The lowest BCUT2D eigenvalue weighted by atomic mass is 10.1. The quantitative estimate of drug-likeness (QED) is 0.621. The molecule has 0 unspecified atom stereocenters. The van der Waals surface area contributed by atoms with Crippen LogP contribution in [0.5, 0.6) is 0 Å². The van der Waals surface area contributed by atoms with Gasteiger partial charge in [0.15, 0.2) is 5.78 Å². The molecule has 5 heteroatoms. The van der Waals surface area contributed by atoms with E-state index in [-0.39, 0.29) is 5.78 Å². The molecule has 0 aromatic rings. The lowest BCUT2D eigenvalue weighted by Crippen LogP contribution is -2.26. The first-order valence-electron chi connectivity index (χ1n) is 4.35. The molecule has 14 heavy (non-hydrogen) atoms. The van der Waals surface area contributed by atoms with Crippen molar-refractivity contribution in [1.29, 1.82) is 0 Å². The number of ketones is 1. The van der Waals surface area contributed by atoms with Crippen LogP contribution in [0.1, 0.15) is 19.8 Å². The van der Waals surface area contributed by atoms with E-state index in [2.05, 4.69) is 6.58 Å². The van der Waals surface area contributed by atoms with E-state index in [1.807, 2.05) is 0 Å². The summed E-state index contributed by atoms with van der Waals surface area (Å²) in [5.41, 5.74) is 0.520. The molecule has 0 saturated heterocycles. The maximum atomic E-state index is 11.1. The van der Waals surface area contributed by atoms with Crippen molar-refractivity contribution in [3.05, 3.63) is 12.2 Å². The maximum absolute atomic E-state index is 11.1. The average molecular weight is 219 g/mol. The minimum absolute atomic E-state index is 0.00750. The van der Waals surface area contributed by atoms with E-state index < -0.39 is 10.0 Å². The molecule has 0 aromatic heterocycles. The Bertz CT molecular complexity index is 319. The Morgan fingerprint density at radius 3 is 2.29 bits per heavy atom. The van der Waals surface area contributed by atoms with E-state index in [4.69, 9.17) is 0 Å². The van der Waals surface area contributed by atoms with Gasteiger partial charge in [-0.05, 0) is 18.9 Å². The summed E-state index contributed by atoms with van der Waals surface area (Å²) >= 11 is 0. The van der Waals surface area contributed by atoms with Gasteiger partial charge in [0.1, 0.15) is 0 Å². The van der Waals surface area contributed by atoms with E-state index in [1.54, 1.807) is 6.92 Å². The highest BCUT2D eigenvalue weighted by Gasteiger charge is 2.10. The zero-order chi connectivity index (χ0) is 11.4. The lowest BCUT2D eigenvalue weighted by molar-refractivity contribution is -0.115. The first-order chi connectivity index (χ1) is 6.25. The van der Waals surface area contributed by atoms with E-state index in [0.29, 0.717) is 25.0 Å². The van der Waals surface area contributed by atoms with Crippen LogP contribution in [0, 0.1) is 0 Å². The van der Waals surface area contributed by atoms with Gasteiger partial charge in [-0.3, -0.25) is 4.79 Å². The normalized spacial score (nSPS) is 11.7. The Hall–Kier alpha value is -0.680. The summed E-state index contributed by atoms with van der Waals surface area (Å²) in [6.45, 7) is 5.55. The van der Waals surface area contributed by atoms with E-state index in [9.17, 15) is 13.2 Å². The van der Waals surface area contributed by atoms with Gasteiger partial charge in [0.25, 0.3) is 0 Å². The average Bonchev–Trinajstić information content (AvgIpc) is 2.01. The van der Waals surface area contributed by atoms with Crippen molar-refractivity contribution >= 4 is 15.8 Å². The van der Waals surface area contributed by atoms with Crippen LogP contribution in [-0.4, -0.2) is 38.4 Å². The van der Waals surface area contributed by atoms with Crippen molar-refractivity contribution in [2.75, 3.05) is 19.8 Å². The predicted octanol–water partition coefficient (Wildman–Crippen LogP) is 0.803. The minimum Gasteiger partial charge on any atom is -0.295 e. The number of carbonyl (C=O) groups excluding carboxylic acids is 1. The smallest absolute Gasteiger partial charge is 0.210 e. The summed E-state index contributed by atoms with van der Waals surface area (Å²) in [5, 5.41) is 0. The predicted molar refractivity (Wildman–Crippen MR) is 56.5 cm³/mol. The molecule has 0 radical (unpaired) electrons. The fraction of sp³-hybridized carbons (Fsp3) is 0.667. The molecule has 0 atom stereocenters. The molecular weight excluding hydrogens is 202 g/mol. The topological polar surface area (TPSA) is 54.5 Å². The van der Waals surface area contributed by atoms with Gasteiger partial charge >= 0.3 is 0 Å². The molecular formula is C9H17NO3S. The van der Waals surface area contributed by atoms with Crippen molar-refractivity contribution in [3.8, 4) is 0 Å². The molecule has 82 valence electrons. The molecule has 0 aliphatic carbocycles. The number of allylic oxidation sites excluding steroid dienone is 1. The van der Waals surface area contributed by atoms with Gasteiger partial charge in [0.2, 0.25) is 10.0 Å². The van der Waals surface area contributed by atoms with Gasteiger partial charge in [-0.2, -0.15) is 0 Å². The molecule has 0 fully saturated rings. The van der Waals surface area contributed by atoms with Crippen molar-refractivity contribution in [3.63, 3.8) is 0 Å². The van der Waals surface area contributed by atoms with Gasteiger partial charge in [-0.1, -0.05) is 6.58 Å². The van der Waals surface area contributed by atoms with Crippen LogP contribution >= 0.6 is 0 Å². The zero-order valence-electron chi connectivity index (χ0n) is 8.91. The first-order valence-corrected chi connectivity index (χ1v) is 6.20. The molecule has 0 bridgehead atoms. The Morgan fingerprint density at radius 1 is 1.43 bits per heavy atom. The standard InChI is InChI=1S/C9H17NO3S/c1-8(2)9(11)6-5-7-10(3)14(4,12)13/h1,5-7H2,2-4H3. The Balaban J connectivity index is 3.87. The zero-order valence-corrected chi connectivity index (χ0v) is 9.73. The summed E-state index contributed by atoms with van der Waals surface area (Å²) in [6, 6.07) is 0. The third-order valence-corrected chi connectivity index (χ3v) is 3.23. The second-order valence-electron chi connectivity index (χ2n) is 3.39. The van der Waals surface area contributed by atoms with Gasteiger partial charge in [0, 0.05) is 20.0 Å². The van der Waals surface area contributed by atoms with Crippen LogP contribution in [0.2, 0.25) is 0 Å². The monoisotopic (exact) mass is 219 g/mol. The van der Waals surface area contributed by atoms with E-state index in [0.717, 1.165) is 6.26 Å². The first kappa shape index (κ1) is 13.3. The molecule has 0 heterocycles. The van der Waals surface area contributed by atoms with Gasteiger partial charge < -0.3 is 0 Å². The SMILES string of the molecule is C=C(C)C(=O)CCCN(C)S(C)(=O)=O. The van der Waals surface area contributed by atoms with Crippen molar-refractivity contribution in [1.82, 2.24) is 4.31 Å². The highest BCUT2D eigenvalue weighted by Crippen LogP contribution is 2.02. The summed E-state index contributed by atoms with van der Waals surface area (Å²) in [4.78, 5) is 11.1.